The van der Waals surface area contributed by atoms with Crippen molar-refractivity contribution in [3.8, 4) is 22.8 Å². The maximum absolute atomic E-state index is 11.2. The van der Waals surface area contributed by atoms with Crippen molar-refractivity contribution in [1.29, 1.82) is 0 Å². The number of methoxy groups -OCH3 is 2. The summed E-state index contributed by atoms with van der Waals surface area (Å²) in [4.78, 5) is 18.1. The Balaban J connectivity index is 2.77. The van der Waals surface area contributed by atoms with E-state index >= 15 is 0 Å². The lowest BCUT2D eigenvalue weighted by atomic mass is 10.1. The van der Waals surface area contributed by atoms with E-state index in [4.69, 9.17) is 21.1 Å². The number of rotatable bonds is 4. The van der Waals surface area contributed by atoms with Crippen molar-refractivity contribution in [2.75, 3.05) is 14.2 Å². The molecule has 2 aromatic rings. The molecule has 0 unspecified atom stereocenters. The van der Waals surface area contributed by atoms with Gasteiger partial charge in [0, 0.05) is 0 Å². The summed E-state index contributed by atoms with van der Waals surface area (Å²) in [7, 11) is 2.95. The van der Waals surface area contributed by atoms with Crippen LogP contribution in [0.1, 0.15) is 0 Å². The molecule has 1 aromatic heterocycles. The maximum Gasteiger partial charge on any atom is 0.332 e. The number of benzene rings is 1. The maximum atomic E-state index is 11.2. The number of aromatic nitrogens is 2. The number of hydrogen-bond acceptors (Lipinski definition) is 6. The van der Waals surface area contributed by atoms with Crippen LogP contribution >= 0.6 is 27.5 Å². The van der Waals surface area contributed by atoms with Crippen molar-refractivity contribution in [1.82, 2.24) is 9.97 Å². The highest BCUT2D eigenvalue weighted by atomic mass is 79.9. The Hall–Kier alpha value is -1.93. The number of nitrogens with zero attached hydrogens (tertiary/aromatic N) is 3. The fourth-order valence-corrected chi connectivity index (χ4v) is 2.67. The average Bonchev–Trinajstić information content (AvgIpc) is 2.46. The zero-order valence-electron chi connectivity index (χ0n) is 11.0. The molecule has 0 amide bonds. The Morgan fingerprint density at radius 3 is 2.57 bits per heavy atom. The van der Waals surface area contributed by atoms with Gasteiger partial charge in [0.15, 0.2) is 5.69 Å². The van der Waals surface area contributed by atoms with Crippen LogP contribution in [0.5, 0.6) is 11.5 Å². The third-order valence-corrected chi connectivity index (χ3v) is 3.73. The Morgan fingerprint density at radius 1 is 1.29 bits per heavy atom. The molecule has 0 aliphatic heterocycles. The molecule has 0 aliphatic carbocycles. The van der Waals surface area contributed by atoms with Gasteiger partial charge in [0.05, 0.1) is 24.7 Å². The minimum atomic E-state index is -0.630. The summed E-state index contributed by atoms with van der Waals surface area (Å²) in [6.07, 6.45) is 1.16. The van der Waals surface area contributed by atoms with E-state index in [9.17, 15) is 10.1 Å². The lowest BCUT2D eigenvalue weighted by Gasteiger charge is -2.13. The Kier molecular flexibility index (Phi) is 4.59. The van der Waals surface area contributed by atoms with E-state index in [2.05, 4.69) is 25.9 Å². The molecule has 0 fully saturated rings. The van der Waals surface area contributed by atoms with Gasteiger partial charge in [-0.3, -0.25) is 10.1 Å². The van der Waals surface area contributed by atoms with Gasteiger partial charge in [0.1, 0.15) is 22.3 Å². The number of hydrogen-bond donors (Lipinski definition) is 0. The number of halogens is 2. The van der Waals surface area contributed by atoms with Crippen molar-refractivity contribution in [2.45, 2.75) is 0 Å². The molecule has 0 atom stereocenters. The predicted molar refractivity (Wildman–Crippen MR) is 79.9 cm³/mol. The molecular formula is C12H9BrClN3O4. The summed E-state index contributed by atoms with van der Waals surface area (Å²) in [5.74, 6) is 0.880. The summed E-state index contributed by atoms with van der Waals surface area (Å²) in [6.45, 7) is 0. The summed E-state index contributed by atoms with van der Waals surface area (Å²) in [5, 5.41) is 11.0. The molecule has 0 N–H and O–H groups in total. The summed E-state index contributed by atoms with van der Waals surface area (Å²) in [6, 6.07) is 3.25. The molecule has 0 bridgehead atoms. The van der Waals surface area contributed by atoms with Crippen LogP contribution in [-0.4, -0.2) is 29.1 Å². The first-order valence-corrected chi connectivity index (χ1v) is 6.74. The van der Waals surface area contributed by atoms with Gasteiger partial charge < -0.3 is 9.47 Å². The largest absolute Gasteiger partial charge is 0.495 e. The van der Waals surface area contributed by atoms with Crippen molar-refractivity contribution in [3.05, 3.63) is 38.2 Å². The zero-order valence-corrected chi connectivity index (χ0v) is 13.3. The quantitative estimate of drug-likeness (QED) is 0.462. The standard InChI is InChI=1S/C12H9BrClN3O4/c1-20-7-4-3-6(11(21-2)8(7)13)9-10(17(18)19)12(14)16-5-15-9/h3-5H,1-2H3. The van der Waals surface area contributed by atoms with Crippen molar-refractivity contribution in [3.63, 3.8) is 0 Å². The molecule has 1 heterocycles. The molecule has 21 heavy (non-hydrogen) atoms. The molecular weight excluding hydrogens is 366 g/mol. The van der Waals surface area contributed by atoms with Crippen molar-refractivity contribution < 1.29 is 14.4 Å². The summed E-state index contributed by atoms with van der Waals surface area (Å²) in [5.41, 5.74) is 0.0934. The van der Waals surface area contributed by atoms with E-state index in [1.165, 1.54) is 14.2 Å². The van der Waals surface area contributed by atoms with Gasteiger partial charge >= 0.3 is 5.69 Å². The lowest BCUT2D eigenvalue weighted by Crippen LogP contribution is -2.00. The fraction of sp³-hybridized carbons (Fsp3) is 0.167. The van der Waals surface area contributed by atoms with Gasteiger partial charge in [-0.15, -0.1) is 0 Å². The topological polar surface area (TPSA) is 87.4 Å². The van der Waals surface area contributed by atoms with Crippen LogP contribution in [0.25, 0.3) is 11.3 Å². The molecule has 7 nitrogen and oxygen atoms in total. The molecule has 0 aliphatic rings. The van der Waals surface area contributed by atoms with Crippen molar-refractivity contribution >= 4 is 33.2 Å². The van der Waals surface area contributed by atoms with Gasteiger partial charge in [-0.25, -0.2) is 9.97 Å². The summed E-state index contributed by atoms with van der Waals surface area (Å²) >= 11 is 9.13. The highest BCUT2D eigenvalue weighted by Crippen LogP contribution is 2.44. The SMILES string of the molecule is COc1ccc(-c2ncnc(Cl)c2[N+](=O)[O-])c(OC)c1Br. The third-order valence-electron chi connectivity index (χ3n) is 2.70. The lowest BCUT2D eigenvalue weighted by molar-refractivity contribution is -0.384. The minimum absolute atomic E-state index is 0.0696. The van der Waals surface area contributed by atoms with E-state index in [1.54, 1.807) is 12.1 Å². The molecule has 2 rings (SSSR count). The Labute approximate surface area is 133 Å². The Morgan fingerprint density at radius 2 is 2.00 bits per heavy atom. The molecule has 0 saturated carbocycles. The van der Waals surface area contributed by atoms with Crippen LogP contribution in [0, 0.1) is 10.1 Å². The monoisotopic (exact) mass is 373 g/mol. The summed E-state index contributed by atoms with van der Waals surface area (Å²) < 4.78 is 11.0. The third kappa shape index (κ3) is 2.77. The first kappa shape index (κ1) is 15.5. The molecule has 1 aromatic carbocycles. The van der Waals surface area contributed by atoms with Crippen LogP contribution in [-0.2, 0) is 0 Å². The van der Waals surface area contributed by atoms with E-state index in [0.29, 0.717) is 21.5 Å². The van der Waals surface area contributed by atoms with Gasteiger partial charge in [0.2, 0.25) is 5.15 Å². The van der Waals surface area contributed by atoms with Gasteiger partial charge in [-0.05, 0) is 28.1 Å². The van der Waals surface area contributed by atoms with Crippen LogP contribution in [0.2, 0.25) is 5.15 Å². The second-order valence-electron chi connectivity index (χ2n) is 3.78. The van der Waals surface area contributed by atoms with Crippen LogP contribution in [0.15, 0.2) is 22.9 Å². The predicted octanol–water partition coefficient (Wildman–Crippen LogP) is 3.48. The molecule has 0 spiro atoms. The van der Waals surface area contributed by atoms with Crippen LogP contribution < -0.4 is 9.47 Å². The normalized spacial score (nSPS) is 10.3. The second kappa shape index (κ2) is 6.23. The number of ether oxygens (including phenoxy) is 2. The Bertz CT molecular complexity index is 711. The van der Waals surface area contributed by atoms with E-state index in [1.807, 2.05) is 0 Å². The second-order valence-corrected chi connectivity index (χ2v) is 4.93. The fourth-order valence-electron chi connectivity index (χ4n) is 1.80. The van der Waals surface area contributed by atoms with Gasteiger partial charge in [0.25, 0.3) is 0 Å². The van der Waals surface area contributed by atoms with Crippen LogP contribution in [0.4, 0.5) is 5.69 Å². The van der Waals surface area contributed by atoms with E-state index in [-0.39, 0.29) is 16.5 Å². The zero-order chi connectivity index (χ0) is 15.6. The molecule has 0 radical (unpaired) electrons. The highest BCUT2D eigenvalue weighted by molar-refractivity contribution is 9.10. The van der Waals surface area contributed by atoms with Crippen LogP contribution in [0.3, 0.4) is 0 Å². The van der Waals surface area contributed by atoms with E-state index < -0.39 is 4.92 Å². The molecule has 9 heteroatoms. The van der Waals surface area contributed by atoms with Gasteiger partial charge in [-0.1, -0.05) is 11.6 Å². The van der Waals surface area contributed by atoms with Crippen molar-refractivity contribution in [2.24, 2.45) is 0 Å². The van der Waals surface area contributed by atoms with E-state index in [0.717, 1.165) is 6.33 Å². The average molecular weight is 375 g/mol. The van der Waals surface area contributed by atoms with Gasteiger partial charge in [-0.2, -0.15) is 0 Å². The smallest absolute Gasteiger partial charge is 0.332 e. The first-order valence-electron chi connectivity index (χ1n) is 5.57. The number of nitro groups is 1. The highest BCUT2D eigenvalue weighted by Gasteiger charge is 2.26. The minimum Gasteiger partial charge on any atom is -0.495 e. The molecule has 0 saturated heterocycles. The molecule has 110 valence electrons. The first-order chi connectivity index (χ1) is 10.0.